The van der Waals surface area contributed by atoms with Gasteiger partial charge in [-0.15, -0.1) is 0 Å². The lowest BCUT2D eigenvalue weighted by Gasteiger charge is -2.04. The Balaban J connectivity index is 2.23. The molecule has 0 saturated carbocycles. The number of benzene rings is 2. The van der Waals surface area contributed by atoms with Crippen molar-refractivity contribution in [3.63, 3.8) is 0 Å². The summed E-state index contributed by atoms with van der Waals surface area (Å²) in [5.74, 6) is 0.331. The van der Waals surface area contributed by atoms with Crippen LogP contribution in [0.25, 0.3) is 22.4 Å². The summed E-state index contributed by atoms with van der Waals surface area (Å²) in [5, 5.41) is 4.09. The second-order valence-electron chi connectivity index (χ2n) is 4.12. The highest BCUT2D eigenvalue weighted by Gasteiger charge is 2.18. The van der Waals surface area contributed by atoms with E-state index >= 15 is 0 Å². The molecule has 4 heteroatoms. The van der Waals surface area contributed by atoms with E-state index in [4.69, 9.17) is 10.3 Å². The zero-order valence-corrected chi connectivity index (χ0v) is 11.6. The quantitative estimate of drug-likeness (QED) is 0.765. The van der Waals surface area contributed by atoms with E-state index in [1.807, 2.05) is 54.6 Å². The highest BCUT2D eigenvalue weighted by Crippen LogP contribution is 2.38. The predicted molar refractivity (Wildman–Crippen MR) is 79.5 cm³/mol. The molecule has 3 nitrogen and oxygen atoms in total. The fourth-order valence-corrected chi connectivity index (χ4v) is 2.50. The Morgan fingerprint density at radius 1 is 0.947 bits per heavy atom. The fourth-order valence-electron chi connectivity index (χ4n) is 2.02. The number of nitrogen functional groups attached to an aromatic ring is 1. The Hall–Kier alpha value is -2.07. The van der Waals surface area contributed by atoms with Crippen LogP contribution in [0, 0.1) is 0 Å². The third kappa shape index (κ3) is 2.15. The van der Waals surface area contributed by atoms with Crippen molar-refractivity contribution in [2.75, 3.05) is 5.73 Å². The Bertz CT molecular complexity index is 707. The van der Waals surface area contributed by atoms with Crippen LogP contribution in [-0.2, 0) is 0 Å². The predicted octanol–water partition coefficient (Wildman–Crippen LogP) is 4.35. The summed E-state index contributed by atoms with van der Waals surface area (Å²) >= 11 is 3.53. The molecular formula is C15H11BrN2O. The average molecular weight is 315 g/mol. The largest absolute Gasteiger partial charge is 0.367 e. The van der Waals surface area contributed by atoms with Crippen LogP contribution in [-0.4, -0.2) is 5.16 Å². The molecule has 0 aliphatic rings. The molecule has 3 aromatic rings. The zero-order valence-electron chi connectivity index (χ0n) is 10.0. The van der Waals surface area contributed by atoms with Gasteiger partial charge in [0.15, 0.2) is 0 Å². The number of aromatic nitrogens is 1. The summed E-state index contributed by atoms with van der Waals surface area (Å²) < 4.78 is 6.13. The first-order chi connectivity index (χ1) is 9.27. The molecule has 0 atom stereocenters. The lowest BCUT2D eigenvalue weighted by molar-refractivity contribution is 0.439. The van der Waals surface area contributed by atoms with Gasteiger partial charge < -0.3 is 10.3 Å². The van der Waals surface area contributed by atoms with Gasteiger partial charge in [-0.3, -0.25) is 0 Å². The van der Waals surface area contributed by atoms with E-state index in [-0.39, 0.29) is 0 Å². The Kier molecular flexibility index (Phi) is 3.09. The van der Waals surface area contributed by atoms with Gasteiger partial charge in [-0.25, -0.2) is 0 Å². The summed E-state index contributed by atoms with van der Waals surface area (Å²) in [6.45, 7) is 0. The molecule has 0 bridgehead atoms. The van der Waals surface area contributed by atoms with Crippen LogP contribution in [0.4, 0.5) is 5.88 Å². The number of nitrogens with zero attached hydrogens (tertiary/aromatic N) is 1. The summed E-state index contributed by atoms with van der Waals surface area (Å²) in [6.07, 6.45) is 0. The van der Waals surface area contributed by atoms with Gasteiger partial charge in [0, 0.05) is 10.0 Å². The first-order valence-electron chi connectivity index (χ1n) is 5.83. The maximum atomic E-state index is 5.92. The van der Waals surface area contributed by atoms with Crippen molar-refractivity contribution < 1.29 is 4.52 Å². The van der Waals surface area contributed by atoms with Gasteiger partial charge >= 0.3 is 0 Å². The first-order valence-corrected chi connectivity index (χ1v) is 6.62. The highest BCUT2D eigenvalue weighted by molar-refractivity contribution is 9.10. The van der Waals surface area contributed by atoms with Gasteiger partial charge in [-0.2, -0.15) is 0 Å². The Morgan fingerprint density at radius 3 is 2.37 bits per heavy atom. The molecule has 0 unspecified atom stereocenters. The molecule has 2 N–H and O–H groups in total. The van der Waals surface area contributed by atoms with Crippen LogP contribution < -0.4 is 5.73 Å². The maximum Gasteiger partial charge on any atom is 0.230 e. The minimum absolute atomic E-state index is 0.331. The van der Waals surface area contributed by atoms with Crippen LogP contribution in [0.15, 0.2) is 63.6 Å². The van der Waals surface area contributed by atoms with Crippen molar-refractivity contribution in [3.05, 3.63) is 59.1 Å². The molecule has 2 aromatic carbocycles. The molecule has 0 fully saturated rings. The number of nitrogens with two attached hydrogens (primary N) is 1. The van der Waals surface area contributed by atoms with Crippen molar-refractivity contribution in [2.24, 2.45) is 0 Å². The van der Waals surface area contributed by atoms with Gasteiger partial charge in [-0.05, 0) is 11.6 Å². The fraction of sp³-hybridized carbons (Fsp3) is 0. The normalized spacial score (nSPS) is 10.6. The van der Waals surface area contributed by atoms with Crippen LogP contribution in [0.1, 0.15) is 0 Å². The molecule has 0 aliphatic heterocycles. The van der Waals surface area contributed by atoms with Gasteiger partial charge in [0.25, 0.3) is 0 Å². The van der Waals surface area contributed by atoms with Gasteiger partial charge in [0.05, 0.1) is 5.56 Å². The van der Waals surface area contributed by atoms with E-state index in [0.29, 0.717) is 5.88 Å². The van der Waals surface area contributed by atoms with E-state index in [1.54, 1.807) is 0 Å². The van der Waals surface area contributed by atoms with E-state index in [9.17, 15) is 0 Å². The number of hydrogen-bond acceptors (Lipinski definition) is 3. The molecule has 0 spiro atoms. The molecule has 19 heavy (non-hydrogen) atoms. The lowest BCUT2D eigenvalue weighted by Crippen LogP contribution is -1.88. The summed E-state index contributed by atoms with van der Waals surface area (Å²) in [6, 6.07) is 17.7. The standard InChI is InChI=1S/C15H11BrN2O/c16-12-9-5-4-8-11(12)14-13(15(17)19-18-14)10-6-2-1-3-7-10/h1-9H,17H2. The monoisotopic (exact) mass is 314 g/mol. The number of halogens is 1. The van der Waals surface area contributed by atoms with Crippen LogP contribution >= 0.6 is 15.9 Å². The van der Waals surface area contributed by atoms with Crippen molar-refractivity contribution >= 4 is 21.8 Å². The van der Waals surface area contributed by atoms with Crippen molar-refractivity contribution in [2.45, 2.75) is 0 Å². The number of anilines is 1. The molecule has 0 saturated heterocycles. The highest BCUT2D eigenvalue weighted by atomic mass is 79.9. The molecular weight excluding hydrogens is 304 g/mol. The maximum absolute atomic E-state index is 5.92. The molecule has 0 radical (unpaired) electrons. The Morgan fingerprint density at radius 2 is 1.63 bits per heavy atom. The minimum Gasteiger partial charge on any atom is -0.367 e. The first kappa shape index (κ1) is 12.0. The van der Waals surface area contributed by atoms with Gasteiger partial charge in [-0.1, -0.05) is 69.6 Å². The van der Waals surface area contributed by atoms with Crippen LogP contribution in [0.3, 0.4) is 0 Å². The average Bonchev–Trinajstić information content (AvgIpc) is 2.82. The minimum atomic E-state index is 0.331. The molecule has 0 aliphatic carbocycles. The SMILES string of the molecule is Nc1onc(-c2ccccc2Br)c1-c1ccccc1. The molecule has 1 aromatic heterocycles. The lowest BCUT2D eigenvalue weighted by atomic mass is 10.0. The molecule has 3 rings (SSSR count). The van der Waals surface area contributed by atoms with E-state index in [0.717, 1.165) is 26.9 Å². The van der Waals surface area contributed by atoms with Crippen molar-refractivity contribution in [3.8, 4) is 22.4 Å². The second-order valence-corrected chi connectivity index (χ2v) is 4.97. The van der Waals surface area contributed by atoms with Crippen LogP contribution in [0.2, 0.25) is 0 Å². The summed E-state index contributed by atoms with van der Waals surface area (Å²) in [7, 11) is 0. The topological polar surface area (TPSA) is 52.0 Å². The van der Waals surface area contributed by atoms with E-state index < -0.39 is 0 Å². The zero-order chi connectivity index (χ0) is 13.2. The Labute approximate surface area is 119 Å². The van der Waals surface area contributed by atoms with Gasteiger partial charge in [0.1, 0.15) is 5.69 Å². The second kappa shape index (κ2) is 4.90. The molecule has 94 valence electrons. The van der Waals surface area contributed by atoms with Crippen molar-refractivity contribution in [1.29, 1.82) is 0 Å². The molecule has 0 amide bonds. The van der Waals surface area contributed by atoms with Crippen LogP contribution in [0.5, 0.6) is 0 Å². The summed E-state index contributed by atoms with van der Waals surface area (Å²) in [4.78, 5) is 0. The molecule has 1 heterocycles. The summed E-state index contributed by atoms with van der Waals surface area (Å²) in [5.41, 5.74) is 9.44. The van der Waals surface area contributed by atoms with E-state index in [1.165, 1.54) is 0 Å². The number of hydrogen-bond donors (Lipinski definition) is 1. The third-order valence-electron chi connectivity index (χ3n) is 2.91. The van der Waals surface area contributed by atoms with Crippen molar-refractivity contribution in [1.82, 2.24) is 5.16 Å². The smallest absolute Gasteiger partial charge is 0.230 e. The van der Waals surface area contributed by atoms with Gasteiger partial charge in [0.2, 0.25) is 5.88 Å². The number of rotatable bonds is 2. The van der Waals surface area contributed by atoms with E-state index in [2.05, 4.69) is 21.1 Å². The third-order valence-corrected chi connectivity index (χ3v) is 3.60.